The Labute approximate surface area is 141 Å². The summed E-state index contributed by atoms with van der Waals surface area (Å²) in [6.45, 7) is 5.49. The van der Waals surface area contributed by atoms with Crippen molar-refractivity contribution < 1.29 is 4.57 Å². The number of benzene rings is 2. The molecule has 3 heteroatoms. The van der Waals surface area contributed by atoms with E-state index in [1.807, 2.05) is 11.8 Å². The van der Waals surface area contributed by atoms with Gasteiger partial charge in [0.15, 0.2) is 11.4 Å². The van der Waals surface area contributed by atoms with Crippen LogP contribution in [0.15, 0.2) is 59.8 Å². The van der Waals surface area contributed by atoms with E-state index in [2.05, 4.69) is 77.6 Å². The Balaban J connectivity index is 1.97. The molecule has 1 aliphatic rings. The molecule has 2 nitrogen and oxygen atoms in total. The molecule has 0 N–H and O–H groups in total. The van der Waals surface area contributed by atoms with Gasteiger partial charge in [-0.05, 0) is 37.2 Å². The summed E-state index contributed by atoms with van der Waals surface area (Å²) in [6.07, 6.45) is 1.24. The highest BCUT2D eigenvalue weighted by atomic mass is 32.2. The zero-order valence-corrected chi connectivity index (χ0v) is 14.4. The number of thioether (sulfide) groups is 1. The SMILES string of the molecule is Cc1ccc(-c2c(C)n(-c3ccccc3)c3[n+]2CCCS3)cc1. The zero-order valence-electron chi connectivity index (χ0n) is 13.6. The molecule has 0 spiro atoms. The van der Waals surface area contributed by atoms with Crippen LogP contribution in [-0.2, 0) is 6.54 Å². The first-order valence-electron chi connectivity index (χ1n) is 8.16. The molecule has 116 valence electrons. The van der Waals surface area contributed by atoms with Crippen LogP contribution in [-0.4, -0.2) is 10.3 Å². The third-order valence-corrected chi connectivity index (χ3v) is 5.62. The maximum atomic E-state index is 2.50. The molecule has 0 saturated heterocycles. The molecule has 0 aliphatic carbocycles. The molecule has 0 radical (unpaired) electrons. The molecular weight excluding hydrogens is 300 g/mol. The predicted molar refractivity (Wildman–Crippen MR) is 96.2 cm³/mol. The number of para-hydroxylation sites is 1. The Kier molecular flexibility index (Phi) is 3.74. The zero-order chi connectivity index (χ0) is 15.8. The monoisotopic (exact) mass is 321 g/mol. The van der Waals surface area contributed by atoms with Gasteiger partial charge in [-0.25, -0.2) is 4.57 Å². The highest BCUT2D eigenvalue weighted by molar-refractivity contribution is 7.99. The fourth-order valence-corrected chi connectivity index (χ4v) is 4.52. The topological polar surface area (TPSA) is 8.81 Å². The molecular formula is C20H21N2S+. The minimum atomic E-state index is 1.10. The maximum Gasteiger partial charge on any atom is 0.323 e. The first-order chi connectivity index (χ1) is 11.3. The molecule has 0 atom stereocenters. The van der Waals surface area contributed by atoms with Crippen molar-refractivity contribution in [3.05, 3.63) is 65.9 Å². The van der Waals surface area contributed by atoms with Crippen molar-refractivity contribution in [3.63, 3.8) is 0 Å². The average molecular weight is 321 g/mol. The third-order valence-electron chi connectivity index (χ3n) is 4.47. The first kappa shape index (κ1) is 14.6. The second-order valence-electron chi connectivity index (χ2n) is 6.11. The standard InChI is InChI=1S/C20H21N2S/c1-15-9-11-17(12-10-15)19-16(2)22(18-7-4-3-5-8-18)20-21(19)13-6-14-23-20/h3-5,7-12H,6,13-14H2,1-2H3/q+1. The highest BCUT2D eigenvalue weighted by Crippen LogP contribution is 2.32. The third kappa shape index (κ3) is 2.49. The average Bonchev–Trinajstić information content (AvgIpc) is 2.88. The lowest BCUT2D eigenvalue weighted by Crippen LogP contribution is -2.40. The molecule has 0 fully saturated rings. The van der Waals surface area contributed by atoms with Crippen LogP contribution < -0.4 is 4.57 Å². The van der Waals surface area contributed by atoms with Gasteiger partial charge in [0.25, 0.3) is 0 Å². The van der Waals surface area contributed by atoms with Crippen LogP contribution in [0.4, 0.5) is 0 Å². The van der Waals surface area contributed by atoms with E-state index >= 15 is 0 Å². The van der Waals surface area contributed by atoms with Crippen LogP contribution in [0.2, 0.25) is 0 Å². The molecule has 4 rings (SSSR count). The van der Waals surface area contributed by atoms with Crippen LogP contribution in [0.1, 0.15) is 17.7 Å². The molecule has 0 bridgehead atoms. The molecule has 0 unspecified atom stereocenters. The van der Waals surface area contributed by atoms with Crippen LogP contribution in [0, 0.1) is 13.8 Å². The minimum Gasteiger partial charge on any atom is -0.217 e. The normalized spacial score (nSPS) is 13.8. The lowest BCUT2D eigenvalue weighted by atomic mass is 10.1. The number of hydrogen-bond donors (Lipinski definition) is 0. The summed E-state index contributed by atoms with van der Waals surface area (Å²) in [5, 5.41) is 1.36. The molecule has 2 heterocycles. The molecule has 1 aliphatic heterocycles. The maximum absolute atomic E-state index is 2.50. The highest BCUT2D eigenvalue weighted by Gasteiger charge is 2.32. The van der Waals surface area contributed by atoms with Crippen molar-refractivity contribution in [1.29, 1.82) is 0 Å². The van der Waals surface area contributed by atoms with E-state index < -0.39 is 0 Å². The Morgan fingerprint density at radius 2 is 1.70 bits per heavy atom. The molecule has 3 aromatic rings. The van der Waals surface area contributed by atoms with Gasteiger partial charge in [0.05, 0.1) is 6.54 Å². The van der Waals surface area contributed by atoms with E-state index in [1.54, 1.807) is 0 Å². The van der Waals surface area contributed by atoms with Crippen LogP contribution in [0.3, 0.4) is 0 Å². The number of hydrogen-bond acceptors (Lipinski definition) is 1. The smallest absolute Gasteiger partial charge is 0.217 e. The fourth-order valence-electron chi connectivity index (χ4n) is 3.35. The molecule has 1 aromatic heterocycles. The van der Waals surface area contributed by atoms with Gasteiger partial charge in [-0.15, -0.1) is 0 Å². The molecule has 0 amide bonds. The van der Waals surface area contributed by atoms with Gasteiger partial charge in [0, 0.05) is 18.2 Å². The summed E-state index contributed by atoms with van der Waals surface area (Å²) < 4.78 is 4.92. The van der Waals surface area contributed by atoms with Crippen LogP contribution in [0.25, 0.3) is 16.9 Å². The van der Waals surface area contributed by atoms with E-state index in [9.17, 15) is 0 Å². The molecule has 2 aromatic carbocycles. The van der Waals surface area contributed by atoms with Gasteiger partial charge < -0.3 is 0 Å². The van der Waals surface area contributed by atoms with Crippen molar-refractivity contribution in [2.24, 2.45) is 0 Å². The van der Waals surface area contributed by atoms with Gasteiger partial charge in [-0.1, -0.05) is 48.0 Å². The van der Waals surface area contributed by atoms with E-state index in [0.717, 1.165) is 6.54 Å². The lowest BCUT2D eigenvalue weighted by molar-refractivity contribution is -0.724. The Morgan fingerprint density at radius 1 is 0.957 bits per heavy atom. The van der Waals surface area contributed by atoms with Gasteiger partial charge in [0.1, 0.15) is 5.69 Å². The van der Waals surface area contributed by atoms with Crippen molar-refractivity contribution in [2.45, 2.75) is 32.0 Å². The number of aryl methyl sites for hydroxylation is 1. The second-order valence-corrected chi connectivity index (χ2v) is 7.17. The van der Waals surface area contributed by atoms with E-state index in [-0.39, 0.29) is 0 Å². The predicted octanol–water partition coefficient (Wildman–Crippen LogP) is 4.54. The molecule has 23 heavy (non-hydrogen) atoms. The van der Waals surface area contributed by atoms with Gasteiger partial charge >= 0.3 is 5.16 Å². The fraction of sp³-hybridized carbons (Fsp3) is 0.250. The van der Waals surface area contributed by atoms with E-state index in [4.69, 9.17) is 0 Å². The van der Waals surface area contributed by atoms with Crippen molar-refractivity contribution >= 4 is 11.8 Å². The van der Waals surface area contributed by atoms with Crippen molar-refractivity contribution in [2.75, 3.05) is 5.75 Å². The van der Waals surface area contributed by atoms with Gasteiger partial charge in [-0.2, -0.15) is 4.57 Å². The summed E-state index contributed by atoms with van der Waals surface area (Å²) in [7, 11) is 0. The van der Waals surface area contributed by atoms with Crippen molar-refractivity contribution in [1.82, 2.24) is 4.57 Å². The Hall–Kier alpha value is -2.00. The summed E-state index contributed by atoms with van der Waals surface area (Å²) in [5.41, 5.74) is 6.55. The minimum absolute atomic E-state index is 1.10. The number of imidazole rings is 1. The van der Waals surface area contributed by atoms with Gasteiger partial charge in [-0.3, -0.25) is 0 Å². The largest absolute Gasteiger partial charge is 0.323 e. The summed E-state index contributed by atoms with van der Waals surface area (Å²) >= 11 is 1.97. The number of aromatic nitrogens is 2. The molecule has 0 saturated carbocycles. The number of nitrogens with zero attached hydrogens (tertiary/aromatic N) is 2. The summed E-state index contributed by atoms with van der Waals surface area (Å²) in [6, 6.07) is 19.6. The second kappa shape index (κ2) is 5.89. The first-order valence-corrected chi connectivity index (χ1v) is 9.14. The van der Waals surface area contributed by atoms with Crippen LogP contribution in [0.5, 0.6) is 0 Å². The van der Waals surface area contributed by atoms with Crippen molar-refractivity contribution in [3.8, 4) is 16.9 Å². The number of rotatable bonds is 2. The van der Waals surface area contributed by atoms with Gasteiger partial charge in [0.2, 0.25) is 0 Å². The van der Waals surface area contributed by atoms with E-state index in [0.29, 0.717) is 0 Å². The Morgan fingerprint density at radius 3 is 2.43 bits per heavy atom. The van der Waals surface area contributed by atoms with Crippen LogP contribution >= 0.6 is 11.8 Å². The Bertz CT molecular complexity index is 832. The number of fused-ring (bicyclic) bond motifs is 1. The summed E-state index contributed by atoms with van der Waals surface area (Å²) in [5.74, 6) is 1.20. The lowest BCUT2D eigenvalue weighted by Gasteiger charge is -2.10. The van der Waals surface area contributed by atoms with E-state index in [1.165, 1.54) is 45.5 Å². The quantitative estimate of drug-likeness (QED) is 0.629. The summed E-state index contributed by atoms with van der Waals surface area (Å²) in [4.78, 5) is 0.